The summed E-state index contributed by atoms with van der Waals surface area (Å²) in [4.78, 5) is 0. The van der Waals surface area contributed by atoms with E-state index in [1.54, 1.807) is 0 Å². The van der Waals surface area contributed by atoms with Crippen LogP contribution < -0.4 is 5.32 Å². The van der Waals surface area contributed by atoms with E-state index in [9.17, 15) is 0 Å². The Hall–Kier alpha value is -0.120. The quantitative estimate of drug-likeness (QED) is 0.711. The van der Waals surface area contributed by atoms with Gasteiger partial charge in [0.2, 0.25) is 0 Å². The highest BCUT2D eigenvalue weighted by Crippen LogP contribution is 2.21. The number of rotatable bonds is 5. The van der Waals surface area contributed by atoms with Crippen LogP contribution in [0.25, 0.3) is 0 Å². The Morgan fingerprint density at radius 3 is 2.53 bits per heavy atom. The molecule has 2 atom stereocenters. The molecule has 1 aliphatic rings. The smallest absolute Gasteiger partial charge is 0.0729 e. The summed E-state index contributed by atoms with van der Waals surface area (Å²) in [6.45, 7) is 7.60. The number of ether oxygens (including phenoxy) is 2. The first-order valence-corrected chi connectivity index (χ1v) is 5.96. The molecule has 15 heavy (non-hydrogen) atoms. The maximum absolute atomic E-state index is 5.81. The standard InChI is InChI=1S/C12H25NO2/c1-12(2,3)15-9-8-14-11-7-5-6-10(11)13-4/h10-11,13H,5-9H2,1-4H3. The molecule has 0 radical (unpaired) electrons. The number of hydrogen-bond donors (Lipinski definition) is 1. The predicted octanol–water partition coefficient (Wildman–Crippen LogP) is 1.96. The van der Waals surface area contributed by atoms with Crippen LogP contribution in [-0.2, 0) is 9.47 Å². The largest absolute Gasteiger partial charge is 0.374 e. The predicted molar refractivity (Wildman–Crippen MR) is 62.1 cm³/mol. The van der Waals surface area contributed by atoms with Crippen molar-refractivity contribution in [3.05, 3.63) is 0 Å². The van der Waals surface area contributed by atoms with Crippen LogP contribution in [0.3, 0.4) is 0 Å². The number of nitrogens with one attached hydrogen (secondary N) is 1. The van der Waals surface area contributed by atoms with Gasteiger partial charge in [-0.05, 0) is 47.1 Å². The minimum absolute atomic E-state index is 0.0541. The number of likely N-dealkylation sites (N-methyl/N-ethyl adjacent to an activating group) is 1. The minimum Gasteiger partial charge on any atom is -0.374 e. The van der Waals surface area contributed by atoms with Gasteiger partial charge < -0.3 is 14.8 Å². The molecule has 0 saturated heterocycles. The van der Waals surface area contributed by atoms with Crippen LogP contribution in [0.2, 0.25) is 0 Å². The van der Waals surface area contributed by atoms with Gasteiger partial charge >= 0.3 is 0 Å². The number of hydrogen-bond acceptors (Lipinski definition) is 3. The second kappa shape index (κ2) is 5.83. The van der Waals surface area contributed by atoms with E-state index in [4.69, 9.17) is 9.47 Å². The fraction of sp³-hybridized carbons (Fsp3) is 1.00. The molecule has 0 spiro atoms. The molecule has 1 fully saturated rings. The van der Waals surface area contributed by atoms with E-state index in [2.05, 4.69) is 26.1 Å². The third-order valence-corrected chi connectivity index (χ3v) is 2.77. The molecule has 0 aromatic carbocycles. The van der Waals surface area contributed by atoms with E-state index >= 15 is 0 Å². The Labute approximate surface area is 93.5 Å². The van der Waals surface area contributed by atoms with Crippen LogP contribution in [0.1, 0.15) is 40.0 Å². The lowest BCUT2D eigenvalue weighted by Gasteiger charge is -2.22. The molecule has 0 aromatic heterocycles. The van der Waals surface area contributed by atoms with Crippen LogP contribution in [0.5, 0.6) is 0 Å². The van der Waals surface area contributed by atoms with Gasteiger partial charge in [0.1, 0.15) is 0 Å². The fourth-order valence-corrected chi connectivity index (χ4v) is 2.00. The molecule has 1 N–H and O–H groups in total. The summed E-state index contributed by atoms with van der Waals surface area (Å²) in [5.41, 5.74) is -0.0541. The Morgan fingerprint density at radius 2 is 1.93 bits per heavy atom. The van der Waals surface area contributed by atoms with Crippen molar-refractivity contribution in [2.45, 2.75) is 57.8 Å². The van der Waals surface area contributed by atoms with Gasteiger partial charge in [-0.2, -0.15) is 0 Å². The summed E-state index contributed by atoms with van der Waals surface area (Å²) >= 11 is 0. The average molecular weight is 215 g/mol. The van der Waals surface area contributed by atoms with Crippen molar-refractivity contribution >= 4 is 0 Å². The van der Waals surface area contributed by atoms with Gasteiger partial charge in [0.25, 0.3) is 0 Å². The minimum atomic E-state index is -0.0541. The van der Waals surface area contributed by atoms with E-state index < -0.39 is 0 Å². The van der Waals surface area contributed by atoms with Gasteiger partial charge in [-0.3, -0.25) is 0 Å². The zero-order valence-electron chi connectivity index (χ0n) is 10.5. The third kappa shape index (κ3) is 4.96. The molecule has 90 valence electrons. The Balaban J connectivity index is 2.09. The summed E-state index contributed by atoms with van der Waals surface area (Å²) in [6, 6.07) is 0.541. The second-order valence-electron chi connectivity index (χ2n) is 5.20. The lowest BCUT2D eigenvalue weighted by atomic mass is 10.2. The van der Waals surface area contributed by atoms with Gasteiger partial charge in [0.05, 0.1) is 24.9 Å². The molecular weight excluding hydrogens is 190 g/mol. The van der Waals surface area contributed by atoms with Crippen LogP contribution >= 0.6 is 0 Å². The molecule has 0 aliphatic heterocycles. The Morgan fingerprint density at radius 1 is 1.20 bits per heavy atom. The molecule has 3 heteroatoms. The van der Waals surface area contributed by atoms with Crippen molar-refractivity contribution in [3.63, 3.8) is 0 Å². The average Bonchev–Trinajstić information content (AvgIpc) is 2.58. The third-order valence-electron chi connectivity index (χ3n) is 2.77. The Bertz CT molecular complexity index is 177. The van der Waals surface area contributed by atoms with Crippen LogP contribution in [0, 0.1) is 0 Å². The molecule has 0 amide bonds. The van der Waals surface area contributed by atoms with Crippen LogP contribution in [-0.4, -0.2) is 38.0 Å². The normalized spacial score (nSPS) is 27.2. The van der Waals surface area contributed by atoms with E-state index in [1.807, 2.05) is 7.05 Å². The second-order valence-corrected chi connectivity index (χ2v) is 5.20. The SMILES string of the molecule is CNC1CCCC1OCCOC(C)(C)C. The topological polar surface area (TPSA) is 30.5 Å². The zero-order chi connectivity index (χ0) is 11.3. The maximum Gasteiger partial charge on any atom is 0.0729 e. The monoisotopic (exact) mass is 215 g/mol. The molecule has 1 aliphatic carbocycles. The van der Waals surface area contributed by atoms with Crippen LogP contribution in [0.4, 0.5) is 0 Å². The lowest BCUT2D eigenvalue weighted by Crippen LogP contribution is -2.35. The first-order chi connectivity index (χ1) is 7.03. The van der Waals surface area contributed by atoms with Crippen LogP contribution in [0.15, 0.2) is 0 Å². The fourth-order valence-electron chi connectivity index (χ4n) is 2.00. The van der Waals surface area contributed by atoms with Crippen molar-refractivity contribution < 1.29 is 9.47 Å². The van der Waals surface area contributed by atoms with Crippen molar-refractivity contribution in [2.75, 3.05) is 20.3 Å². The first kappa shape index (κ1) is 12.9. The summed E-state index contributed by atoms with van der Waals surface area (Å²) in [5.74, 6) is 0. The van der Waals surface area contributed by atoms with Gasteiger partial charge in [-0.25, -0.2) is 0 Å². The molecular formula is C12H25NO2. The molecule has 1 saturated carbocycles. The van der Waals surface area contributed by atoms with Crippen molar-refractivity contribution in [1.82, 2.24) is 5.32 Å². The van der Waals surface area contributed by atoms with E-state index in [0.29, 0.717) is 25.4 Å². The van der Waals surface area contributed by atoms with E-state index in [0.717, 1.165) is 0 Å². The highest BCUT2D eigenvalue weighted by Gasteiger charge is 2.26. The molecule has 3 nitrogen and oxygen atoms in total. The summed E-state index contributed by atoms with van der Waals surface area (Å²) < 4.78 is 11.4. The highest BCUT2D eigenvalue weighted by atomic mass is 16.5. The molecule has 0 aromatic rings. The molecule has 0 bridgehead atoms. The van der Waals surface area contributed by atoms with Crippen molar-refractivity contribution in [2.24, 2.45) is 0 Å². The summed E-state index contributed by atoms with van der Waals surface area (Å²) in [5, 5.41) is 3.31. The summed E-state index contributed by atoms with van der Waals surface area (Å²) in [7, 11) is 2.01. The molecule has 0 heterocycles. The van der Waals surface area contributed by atoms with E-state index in [1.165, 1.54) is 19.3 Å². The lowest BCUT2D eigenvalue weighted by molar-refractivity contribution is -0.0540. The first-order valence-electron chi connectivity index (χ1n) is 5.96. The maximum atomic E-state index is 5.81. The van der Waals surface area contributed by atoms with Crippen molar-refractivity contribution in [1.29, 1.82) is 0 Å². The zero-order valence-corrected chi connectivity index (χ0v) is 10.5. The molecule has 1 rings (SSSR count). The van der Waals surface area contributed by atoms with Gasteiger partial charge in [-0.15, -0.1) is 0 Å². The summed E-state index contributed by atoms with van der Waals surface area (Å²) in [6.07, 6.45) is 4.08. The Kier molecular flexibility index (Phi) is 5.03. The molecule has 2 unspecified atom stereocenters. The van der Waals surface area contributed by atoms with E-state index in [-0.39, 0.29) is 5.60 Å². The highest BCUT2D eigenvalue weighted by molar-refractivity contribution is 4.82. The van der Waals surface area contributed by atoms with Gasteiger partial charge in [0, 0.05) is 6.04 Å². The van der Waals surface area contributed by atoms with Crippen molar-refractivity contribution in [3.8, 4) is 0 Å². The van der Waals surface area contributed by atoms with Gasteiger partial charge in [0.15, 0.2) is 0 Å². The van der Waals surface area contributed by atoms with Gasteiger partial charge in [-0.1, -0.05) is 0 Å².